The van der Waals surface area contributed by atoms with Crippen LogP contribution in [0.15, 0.2) is 24.3 Å². The molecule has 5 nitrogen and oxygen atoms in total. The molecule has 5 heteroatoms. The first kappa shape index (κ1) is 14.6. The predicted molar refractivity (Wildman–Crippen MR) is 73.2 cm³/mol. The number of amides is 2. The van der Waals surface area contributed by atoms with Crippen molar-refractivity contribution in [3.05, 3.63) is 29.8 Å². The maximum Gasteiger partial charge on any atom is 0.337 e. The average Bonchev–Trinajstić information content (AvgIpc) is 2.43. The van der Waals surface area contributed by atoms with Gasteiger partial charge in [-0.2, -0.15) is 0 Å². The molecule has 1 atom stereocenters. The molecule has 0 saturated carbocycles. The van der Waals surface area contributed by atoms with Gasteiger partial charge >= 0.3 is 12.0 Å². The van der Waals surface area contributed by atoms with Gasteiger partial charge in [0.15, 0.2) is 0 Å². The third-order valence-corrected chi connectivity index (χ3v) is 2.71. The van der Waals surface area contributed by atoms with Gasteiger partial charge in [0.25, 0.3) is 0 Å². The van der Waals surface area contributed by atoms with Crippen LogP contribution in [0.25, 0.3) is 0 Å². The predicted octanol–water partition coefficient (Wildman–Crippen LogP) is 1.94. The molecule has 19 heavy (non-hydrogen) atoms. The highest BCUT2D eigenvalue weighted by atomic mass is 16.4. The molecule has 1 unspecified atom stereocenters. The molecule has 0 bridgehead atoms. The van der Waals surface area contributed by atoms with Gasteiger partial charge in [0, 0.05) is 7.05 Å². The van der Waals surface area contributed by atoms with Crippen LogP contribution in [0.4, 0.5) is 10.5 Å². The molecule has 1 aromatic carbocycles. The smallest absolute Gasteiger partial charge is 0.337 e. The Morgan fingerprint density at radius 1 is 1.47 bits per heavy atom. The average molecular weight is 260 g/mol. The molecule has 100 valence electrons. The summed E-state index contributed by atoms with van der Waals surface area (Å²) in [7, 11) is 1.50. The minimum atomic E-state index is -1.08. The molecule has 0 saturated heterocycles. The summed E-state index contributed by atoms with van der Waals surface area (Å²) in [4.78, 5) is 24.3. The van der Waals surface area contributed by atoms with Gasteiger partial charge in [0.05, 0.1) is 17.3 Å². The van der Waals surface area contributed by atoms with E-state index in [1.54, 1.807) is 18.2 Å². The van der Waals surface area contributed by atoms with Crippen molar-refractivity contribution in [1.29, 1.82) is 0 Å². The highest BCUT2D eigenvalue weighted by molar-refractivity contribution is 6.01. The van der Waals surface area contributed by atoms with Crippen LogP contribution < -0.4 is 10.2 Å². The Morgan fingerprint density at radius 3 is 2.63 bits per heavy atom. The first-order chi connectivity index (χ1) is 9.01. The zero-order valence-electron chi connectivity index (χ0n) is 10.9. The van der Waals surface area contributed by atoms with Crippen molar-refractivity contribution in [3.8, 4) is 12.3 Å². The molecule has 2 N–H and O–H groups in total. The molecule has 2 amide bonds. The molecule has 1 rings (SSSR count). The number of para-hydroxylation sites is 1. The van der Waals surface area contributed by atoms with Crippen molar-refractivity contribution >= 4 is 17.7 Å². The number of carbonyl (C=O) groups excluding carboxylic acids is 1. The third kappa shape index (κ3) is 3.49. The summed E-state index contributed by atoms with van der Waals surface area (Å²) >= 11 is 0. The number of anilines is 1. The van der Waals surface area contributed by atoms with Gasteiger partial charge < -0.3 is 10.4 Å². The number of carboxylic acid groups (broad SMARTS) is 1. The van der Waals surface area contributed by atoms with E-state index in [0.717, 1.165) is 0 Å². The van der Waals surface area contributed by atoms with Gasteiger partial charge in [-0.15, -0.1) is 6.42 Å². The van der Waals surface area contributed by atoms with Crippen LogP contribution in [0, 0.1) is 12.3 Å². The molecule has 0 spiro atoms. The molecule has 1 aromatic rings. The summed E-state index contributed by atoms with van der Waals surface area (Å²) in [5, 5.41) is 11.7. The van der Waals surface area contributed by atoms with E-state index in [1.807, 2.05) is 6.92 Å². The lowest BCUT2D eigenvalue weighted by atomic mass is 10.1. The summed E-state index contributed by atoms with van der Waals surface area (Å²) in [6, 6.07) is 5.49. The van der Waals surface area contributed by atoms with Crippen LogP contribution in [0.2, 0.25) is 0 Å². The van der Waals surface area contributed by atoms with Gasteiger partial charge in [-0.3, -0.25) is 4.90 Å². The Balaban J connectivity index is 2.95. The molecular formula is C14H16N2O3. The summed E-state index contributed by atoms with van der Waals surface area (Å²) in [6.45, 7) is 1.86. The molecule has 0 fully saturated rings. The fourth-order valence-electron chi connectivity index (χ4n) is 1.56. The number of hydrogen-bond acceptors (Lipinski definition) is 2. The van der Waals surface area contributed by atoms with Crippen molar-refractivity contribution in [1.82, 2.24) is 5.32 Å². The first-order valence-electron chi connectivity index (χ1n) is 5.84. The van der Waals surface area contributed by atoms with E-state index in [4.69, 9.17) is 11.5 Å². The van der Waals surface area contributed by atoms with E-state index in [9.17, 15) is 9.59 Å². The Labute approximate surface area is 112 Å². The Kier molecular flexibility index (Phi) is 4.95. The van der Waals surface area contributed by atoms with Crippen molar-refractivity contribution in [3.63, 3.8) is 0 Å². The molecule has 0 aliphatic rings. The van der Waals surface area contributed by atoms with Crippen LogP contribution in [0.3, 0.4) is 0 Å². The fourth-order valence-corrected chi connectivity index (χ4v) is 1.56. The standard InChI is InChI=1S/C14H16N2O3/c1-4-10(5-2)15-14(19)16(3)12-9-7-6-8-11(12)13(17)18/h1,6-10H,5H2,2-3H3,(H,15,19)(H,17,18). The SMILES string of the molecule is C#CC(CC)NC(=O)N(C)c1ccccc1C(=O)O. The summed E-state index contributed by atoms with van der Waals surface area (Å²) in [5.74, 6) is 1.37. The minimum Gasteiger partial charge on any atom is -0.478 e. The number of nitrogens with one attached hydrogen (secondary N) is 1. The van der Waals surface area contributed by atoms with Gasteiger partial charge in [0.1, 0.15) is 0 Å². The zero-order chi connectivity index (χ0) is 14.4. The normalized spacial score (nSPS) is 11.2. The minimum absolute atomic E-state index is 0.0638. The van der Waals surface area contributed by atoms with E-state index in [0.29, 0.717) is 12.1 Å². The van der Waals surface area contributed by atoms with Gasteiger partial charge in [-0.1, -0.05) is 25.0 Å². The van der Waals surface area contributed by atoms with E-state index in [-0.39, 0.29) is 11.6 Å². The number of aromatic carboxylic acids is 1. The van der Waals surface area contributed by atoms with E-state index in [1.165, 1.54) is 18.0 Å². The largest absolute Gasteiger partial charge is 0.478 e. The van der Waals surface area contributed by atoms with Gasteiger partial charge in [-0.25, -0.2) is 9.59 Å². The summed E-state index contributed by atoms with van der Waals surface area (Å²) in [6.07, 6.45) is 5.88. The van der Waals surface area contributed by atoms with E-state index < -0.39 is 12.0 Å². The second-order valence-electron chi connectivity index (χ2n) is 3.96. The Hall–Kier alpha value is -2.48. The number of nitrogens with zero attached hydrogens (tertiary/aromatic N) is 1. The topological polar surface area (TPSA) is 69.6 Å². The molecule has 0 heterocycles. The fraction of sp³-hybridized carbons (Fsp3) is 0.286. The number of hydrogen-bond donors (Lipinski definition) is 2. The van der Waals surface area contributed by atoms with Crippen LogP contribution in [-0.4, -0.2) is 30.2 Å². The lowest BCUT2D eigenvalue weighted by Gasteiger charge is -2.21. The molecule has 0 aromatic heterocycles. The Morgan fingerprint density at radius 2 is 2.11 bits per heavy atom. The van der Waals surface area contributed by atoms with Crippen molar-refractivity contribution in [2.75, 3.05) is 11.9 Å². The number of carboxylic acids is 1. The Bertz CT molecular complexity index is 520. The van der Waals surface area contributed by atoms with Crippen LogP contribution in [0.1, 0.15) is 23.7 Å². The highest BCUT2D eigenvalue weighted by Gasteiger charge is 2.18. The molecule has 0 aliphatic heterocycles. The first-order valence-corrected chi connectivity index (χ1v) is 5.84. The molecule has 0 aliphatic carbocycles. The number of terminal acetylenes is 1. The van der Waals surface area contributed by atoms with E-state index >= 15 is 0 Å². The van der Waals surface area contributed by atoms with Gasteiger partial charge in [-0.05, 0) is 18.6 Å². The maximum absolute atomic E-state index is 12.0. The second-order valence-corrected chi connectivity index (χ2v) is 3.96. The number of rotatable bonds is 4. The summed E-state index contributed by atoms with van der Waals surface area (Å²) in [5.41, 5.74) is 0.383. The highest BCUT2D eigenvalue weighted by Crippen LogP contribution is 2.19. The van der Waals surface area contributed by atoms with E-state index in [2.05, 4.69) is 11.2 Å². The zero-order valence-corrected chi connectivity index (χ0v) is 10.9. The van der Waals surface area contributed by atoms with Crippen molar-refractivity contribution < 1.29 is 14.7 Å². The molecule has 0 radical (unpaired) electrons. The van der Waals surface area contributed by atoms with Crippen LogP contribution >= 0.6 is 0 Å². The lowest BCUT2D eigenvalue weighted by molar-refractivity contribution is 0.0697. The van der Waals surface area contributed by atoms with Crippen LogP contribution in [0.5, 0.6) is 0 Å². The number of carbonyl (C=O) groups is 2. The maximum atomic E-state index is 12.0. The quantitative estimate of drug-likeness (QED) is 0.813. The van der Waals surface area contributed by atoms with Crippen molar-refractivity contribution in [2.45, 2.75) is 19.4 Å². The second kappa shape index (κ2) is 6.45. The van der Waals surface area contributed by atoms with Crippen LogP contribution in [-0.2, 0) is 0 Å². The number of benzene rings is 1. The van der Waals surface area contributed by atoms with Gasteiger partial charge in [0.2, 0.25) is 0 Å². The van der Waals surface area contributed by atoms with Crippen molar-refractivity contribution in [2.24, 2.45) is 0 Å². The molecular weight excluding hydrogens is 244 g/mol. The monoisotopic (exact) mass is 260 g/mol. The lowest BCUT2D eigenvalue weighted by Crippen LogP contribution is -2.42. The number of urea groups is 1. The third-order valence-electron chi connectivity index (χ3n) is 2.71. The summed E-state index contributed by atoms with van der Waals surface area (Å²) < 4.78 is 0.